The zero-order valence-electron chi connectivity index (χ0n) is 11.8. The number of nitrogens with one attached hydrogen (secondary N) is 1. The highest BCUT2D eigenvalue weighted by Crippen LogP contribution is 2.18. The molecule has 3 aromatic rings. The number of fused-ring (bicyclic) bond motifs is 1. The van der Waals surface area contributed by atoms with Gasteiger partial charge in [0.15, 0.2) is 9.84 Å². The number of aromatic nitrogens is 2. The second-order valence-corrected chi connectivity index (χ2v) is 7.77. The highest BCUT2D eigenvalue weighted by molar-refractivity contribution is 7.93. The van der Waals surface area contributed by atoms with Crippen LogP contribution in [0.2, 0.25) is 10.0 Å². The Bertz CT molecular complexity index is 977. The topological polar surface area (TPSA) is 62.8 Å². The molecule has 2 aromatic carbocycles. The van der Waals surface area contributed by atoms with Crippen LogP contribution in [0.1, 0.15) is 11.4 Å². The Morgan fingerprint density at radius 2 is 1.74 bits per heavy atom. The average Bonchev–Trinajstić information content (AvgIpc) is 2.87. The van der Waals surface area contributed by atoms with Crippen molar-refractivity contribution in [1.29, 1.82) is 0 Å². The number of imidazole rings is 1. The standard InChI is InChI=1S/C16H12Cl2N2O2S/c17-12-3-1-11(2-4-12)7-8-23(21,22)10-16-19-14-6-5-13(18)9-15(14)20-16/h1-9H,10H2,(H,19,20)/b8-7+. The zero-order valence-corrected chi connectivity index (χ0v) is 14.2. The van der Waals surface area contributed by atoms with E-state index in [2.05, 4.69) is 9.97 Å². The van der Waals surface area contributed by atoms with Crippen LogP contribution in [0.25, 0.3) is 17.1 Å². The molecule has 0 unspecified atom stereocenters. The van der Waals surface area contributed by atoms with Crippen molar-refractivity contribution in [3.63, 3.8) is 0 Å². The summed E-state index contributed by atoms with van der Waals surface area (Å²) in [5.74, 6) is 0.173. The molecule has 0 aliphatic carbocycles. The molecule has 0 atom stereocenters. The lowest BCUT2D eigenvalue weighted by Gasteiger charge is -1.96. The van der Waals surface area contributed by atoms with Gasteiger partial charge in [0.05, 0.1) is 11.0 Å². The fourth-order valence-corrected chi connectivity index (χ4v) is 3.37. The predicted octanol–water partition coefficient (Wildman–Crippen LogP) is 4.46. The fraction of sp³-hybridized carbons (Fsp3) is 0.0625. The van der Waals surface area contributed by atoms with Crippen LogP contribution in [-0.4, -0.2) is 18.4 Å². The molecule has 0 saturated heterocycles. The van der Waals surface area contributed by atoms with E-state index in [0.717, 1.165) is 5.56 Å². The lowest BCUT2D eigenvalue weighted by atomic mass is 10.2. The maximum atomic E-state index is 12.2. The summed E-state index contributed by atoms with van der Waals surface area (Å²) in [6, 6.07) is 12.1. The van der Waals surface area contributed by atoms with Crippen molar-refractivity contribution in [2.24, 2.45) is 0 Å². The van der Waals surface area contributed by atoms with Crippen LogP contribution >= 0.6 is 23.2 Å². The molecule has 1 N–H and O–H groups in total. The molecular formula is C16H12Cl2N2O2S. The van der Waals surface area contributed by atoms with E-state index in [4.69, 9.17) is 23.2 Å². The summed E-state index contributed by atoms with van der Waals surface area (Å²) in [6.45, 7) is 0. The summed E-state index contributed by atoms with van der Waals surface area (Å²) in [4.78, 5) is 7.23. The molecule has 118 valence electrons. The predicted molar refractivity (Wildman–Crippen MR) is 94.2 cm³/mol. The van der Waals surface area contributed by atoms with Gasteiger partial charge in [-0.1, -0.05) is 35.3 Å². The minimum Gasteiger partial charge on any atom is -0.341 e. The van der Waals surface area contributed by atoms with Gasteiger partial charge >= 0.3 is 0 Å². The monoisotopic (exact) mass is 366 g/mol. The van der Waals surface area contributed by atoms with Crippen LogP contribution in [0.4, 0.5) is 0 Å². The van der Waals surface area contributed by atoms with Gasteiger partial charge in [0, 0.05) is 15.5 Å². The van der Waals surface area contributed by atoms with Gasteiger partial charge in [-0.2, -0.15) is 0 Å². The molecule has 0 aliphatic rings. The van der Waals surface area contributed by atoms with Gasteiger partial charge in [0.2, 0.25) is 0 Å². The maximum Gasteiger partial charge on any atom is 0.178 e. The number of H-pyrrole nitrogens is 1. The first-order valence-corrected chi connectivity index (χ1v) is 9.19. The molecule has 1 heterocycles. The third-order valence-electron chi connectivity index (χ3n) is 3.17. The molecule has 0 aliphatic heterocycles. The molecule has 3 rings (SSSR count). The third kappa shape index (κ3) is 4.13. The van der Waals surface area contributed by atoms with Gasteiger partial charge in [-0.15, -0.1) is 0 Å². The van der Waals surface area contributed by atoms with E-state index >= 15 is 0 Å². The second-order valence-electron chi connectivity index (χ2n) is 5.01. The van der Waals surface area contributed by atoms with Gasteiger partial charge in [-0.3, -0.25) is 0 Å². The van der Waals surface area contributed by atoms with Gasteiger partial charge in [-0.25, -0.2) is 13.4 Å². The number of rotatable bonds is 4. The van der Waals surface area contributed by atoms with Crippen molar-refractivity contribution in [3.05, 3.63) is 69.3 Å². The van der Waals surface area contributed by atoms with E-state index < -0.39 is 9.84 Å². The molecule has 1 aromatic heterocycles. The first kappa shape index (κ1) is 16.1. The molecule has 0 spiro atoms. The average molecular weight is 367 g/mol. The van der Waals surface area contributed by atoms with Crippen molar-refractivity contribution >= 4 is 50.1 Å². The van der Waals surface area contributed by atoms with Crippen LogP contribution in [-0.2, 0) is 15.6 Å². The SMILES string of the molecule is O=S(=O)(/C=C/c1ccc(Cl)cc1)Cc1nc2ccc(Cl)cc2[nH]1. The van der Waals surface area contributed by atoms with E-state index in [-0.39, 0.29) is 5.75 Å². The highest BCUT2D eigenvalue weighted by Gasteiger charge is 2.12. The Balaban J connectivity index is 1.80. The smallest absolute Gasteiger partial charge is 0.178 e. The number of benzene rings is 2. The largest absolute Gasteiger partial charge is 0.341 e. The fourth-order valence-electron chi connectivity index (χ4n) is 2.10. The molecule has 0 bridgehead atoms. The van der Waals surface area contributed by atoms with E-state index in [1.165, 1.54) is 11.5 Å². The first-order chi connectivity index (χ1) is 10.9. The summed E-state index contributed by atoms with van der Waals surface area (Å²) >= 11 is 11.7. The summed E-state index contributed by atoms with van der Waals surface area (Å²) in [5.41, 5.74) is 2.15. The third-order valence-corrected chi connectivity index (χ3v) is 4.88. The Morgan fingerprint density at radius 3 is 2.48 bits per heavy atom. The molecule has 4 nitrogen and oxygen atoms in total. The first-order valence-electron chi connectivity index (χ1n) is 6.72. The number of halogens is 2. The summed E-state index contributed by atoms with van der Waals surface area (Å²) in [7, 11) is -3.44. The molecule has 0 radical (unpaired) electrons. The molecule has 0 saturated carbocycles. The van der Waals surface area contributed by atoms with Crippen LogP contribution < -0.4 is 0 Å². The lowest BCUT2D eigenvalue weighted by Crippen LogP contribution is -2.01. The van der Waals surface area contributed by atoms with Crippen LogP contribution in [0.15, 0.2) is 47.9 Å². The van der Waals surface area contributed by atoms with Gasteiger partial charge < -0.3 is 4.98 Å². The Morgan fingerprint density at radius 1 is 1.04 bits per heavy atom. The molecule has 0 fully saturated rings. The van der Waals surface area contributed by atoms with Crippen molar-refractivity contribution in [3.8, 4) is 0 Å². The summed E-state index contributed by atoms with van der Waals surface area (Å²) in [6.07, 6.45) is 1.53. The Kier molecular flexibility index (Phi) is 4.43. The number of hydrogen-bond acceptors (Lipinski definition) is 3. The highest BCUT2D eigenvalue weighted by atomic mass is 35.5. The summed E-state index contributed by atoms with van der Waals surface area (Å²) in [5, 5.41) is 2.35. The van der Waals surface area contributed by atoms with Crippen molar-refractivity contribution in [2.75, 3.05) is 0 Å². The van der Waals surface area contributed by atoms with E-state index in [1.807, 2.05) is 0 Å². The normalized spacial score (nSPS) is 12.3. The van der Waals surface area contributed by atoms with Crippen molar-refractivity contribution < 1.29 is 8.42 Å². The summed E-state index contributed by atoms with van der Waals surface area (Å²) < 4.78 is 24.4. The number of nitrogens with zero attached hydrogens (tertiary/aromatic N) is 1. The van der Waals surface area contributed by atoms with Gasteiger partial charge in [0.1, 0.15) is 11.6 Å². The number of sulfone groups is 1. The van der Waals surface area contributed by atoms with Crippen molar-refractivity contribution in [2.45, 2.75) is 5.75 Å². The van der Waals surface area contributed by atoms with Gasteiger partial charge in [0.25, 0.3) is 0 Å². The molecular weight excluding hydrogens is 355 g/mol. The number of hydrogen-bond donors (Lipinski definition) is 1. The molecule has 0 amide bonds. The van der Waals surface area contributed by atoms with Crippen LogP contribution in [0.3, 0.4) is 0 Å². The van der Waals surface area contributed by atoms with Crippen molar-refractivity contribution in [1.82, 2.24) is 9.97 Å². The zero-order chi connectivity index (χ0) is 16.4. The number of aromatic amines is 1. The quantitative estimate of drug-likeness (QED) is 0.741. The molecule has 7 heteroatoms. The van der Waals surface area contributed by atoms with Crippen LogP contribution in [0.5, 0.6) is 0 Å². The molecule has 23 heavy (non-hydrogen) atoms. The maximum absolute atomic E-state index is 12.2. The minimum absolute atomic E-state index is 0.205. The second kappa shape index (κ2) is 6.35. The minimum atomic E-state index is -3.44. The van der Waals surface area contributed by atoms with E-state index in [9.17, 15) is 8.42 Å². The lowest BCUT2D eigenvalue weighted by molar-refractivity contribution is 0.603. The van der Waals surface area contributed by atoms with E-state index in [1.54, 1.807) is 42.5 Å². The Labute approximate surface area is 143 Å². The van der Waals surface area contributed by atoms with Crippen LogP contribution in [0, 0.1) is 0 Å². The van der Waals surface area contributed by atoms with E-state index in [0.29, 0.717) is 26.9 Å². The Hall–Kier alpha value is -1.82. The van der Waals surface area contributed by atoms with Gasteiger partial charge in [-0.05, 0) is 42.0 Å².